The Balaban J connectivity index is 1.93. The van der Waals surface area contributed by atoms with Gasteiger partial charge in [0.15, 0.2) is 0 Å². The van der Waals surface area contributed by atoms with Gasteiger partial charge in [-0.15, -0.1) is 11.3 Å². The van der Waals surface area contributed by atoms with E-state index < -0.39 is 7.92 Å². The molecule has 1 aromatic heterocycles. The smallest absolute Gasteiger partial charge is 0.0667 e. The Hall–Kier alpha value is -2.09. The van der Waals surface area contributed by atoms with E-state index >= 15 is 0 Å². The standard InChI is InChI=1S/C23H25N2PS/c1-23(2,3)22(25-24-17-21-15-10-16-27-21)18-26(19-11-6-4-7-12-19)20-13-8-5-9-14-20/h4-17H,18H2,1-3H3/b24-17+,25-22-. The van der Waals surface area contributed by atoms with E-state index in [9.17, 15) is 0 Å². The topological polar surface area (TPSA) is 24.7 Å². The highest BCUT2D eigenvalue weighted by molar-refractivity contribution is 7.73. The van der Waals surface area contributed by atoms with Crippen LogP contribution in [0.15, 0.2) is 88.4 Å². The van der Waals surface area contributed by atoms with Crippen LogP contribution in [0.3, 0.4) is 0 Å². The van der Waals surface area contributed by atoms with Crippen molar-refractivity contribution in [3.63, 3.8) is 0 Å². The zero-order valence-corrected chi connectivity index (χ0v) is 17.8. The summed E-state index contributed by atoms with van der Waals surface area (Å²) in [6, 6.07) is 25.6. The van der Waals surface area contributed by atoms with Crippen molar-refractivity contribution in [2.24, 2.45) is 15.6 Å². The van der Waals surface area contributed by atoms with Crippen LogP contribution in [-0.4, -0.2) is 18.1 Å². The van der Waals surface area contributed by atoms with Crippen LogP contribution >= 0.6 is 19.3 Å². The molecule has 3 aromatic rings. The van der Waals surface area contributed by atoms with Crippen LogP contribution in [0.1, 0.15) is 25.6 Å². The largest absolute Gasteiger partial charge is 0.159 e. The Morgan fingerprint density at radius 1 is 0.889 bits per heavy atom. The molecule has 2 nitrogen and oxygen atoms in total. The maximum absolute atomic E-state index is 4.67. The second kappa shape index (κ2) is 9.21. The predicted molar refractivity (Wildman–Crippen MR) is 123 cm³/mol. The molecule has 1 heterocycles. The number of rotatable bonds is 6. The maximum atomic E-state index is 4.67. The van der Waals surface area contributed by atoms with Crippen LogP contribution in [0.2, 0.25) is 0 Å². The Morgan fingerprint density at radius 2 is 1.48 bits per heavy atom. The van der Waals surface area contributed by atoms with Gasteiger partial charge in [-0.05, 0) is 30.0 Å². The minimum Gasteiger partial charge on any atom is -0.159 e. The SMILES string of the molecule is CC(C)(C)/C(CP(c1ccccc1)c1ccccc1)=N\N=C\c1cccs1. The molecule has 0 saturated heterocycles. The first-order valence-electron chi connectivity index (χ1n) is 9.05. The lowest BCUT2D eigenvalue weighted by molar-refractivity contribution is 0.586. The number of thiophene rings is 1. The van der Waals surface area contributed by atoms with Gasteiger partial charge in [-0.3, -0.25) is 0 Å². The van der Waals surface area contributed by atoms with E-state index in [4.69, 9.17) is 0 Å². The van der Waals surface area contributed by atoms with Crippen molar-refractivity contribution < 1.29 is 0 Å². The lowest BCUT2D eigenvalue weighted by Crippen LogP contribution is -2.27. The molecule has 0 atom stereocenters. The summed E-state index contributed by atoms with van der Waals surface area (Å²) in [7, 11) is -0.518. The van der Waals surface area contributed by atoms with Gasteiger partial charge in [-0.25, -0.2) is 0 Å². The fraction of sp³-hybridized carbons (Fsp3) is 0.217. The van der Waals surface area contributed by atoms with Gasteiger partial charge < -0.3 is 0 Å². The van der Waals surface area contributed by atoms with Gasteiger partial charge in [-0.2, -0.15) is 10.2 Å². The van der Waals surface area contributed by atoms with Crippen LogP contribution in [0.4, 0.5) is 0 Å². The molecule has 0 saturated carbocycles. The second-order valence-corrected chi connectivity index (χ2v) is 10.5. The van der Waals surface area contributed by atoms with Crippen molar-refractivity contribution in [2.75, 3.05) is 6.16 Å². The van der Waals surface area contributed by atoms with Crippen molar-refractivity contribution in [1.29, 1.82) is 0 Å². The molecule has 0 spiro atoms. The Bertz CT molecular complexity index is 840. The number of hydrogen-bond donors (Lipinski definition) is 0. The molecule has 0 bridgehead atoms. The molecule has 0 N–H and O–H groups in total. The molecule has 0 radical (unpaired) electrons. The van der Waals surface area contributed by atoms with Crippen molar-refractivity contribution in [3.8, 4) is 0 Å². The Kier molecular flexibility index (Phi) is 6.71. The molecule has 27 heavy (non-hydrogen) atoms. The summed E-state index contributed by atoms with van der Waals surface area (Å²) in [5.41, 5.74) is 1.10. The van der Waals surface area contributed by atoms with Crippen molar-refractivity contribution >= 4 is 41.8 Å². The predicted octanol–water partition coefficient (Wildman–Crippen LogP) is 5.70. The third-order valence-corrected chi connectivity index (χ3v) is 7.48. The van der Waals surface area contributed by atoms with Gasteiger partial charge >= 0.3 is 0 Å². The van der Waals surface area contributed by atoms with E-state index in [2.05, 4.69) is 103 Å². The summed E-state index contributed by atoms with van der Waals surface area (Å²) in [6.45, 7) is 6.65. The summed E-state index contributed by atoms with van der Waals surface area (Å²) >= 11 is 1.68. The average Bonchev–Trinajstić information content (AvgIpc) is 3.18. The minimum atomic E-state index is -0.518. The maximum Gasteiger partial charge on any atom is 0.0667 e. The van der Waals surface area contributed by atoms with Crippen molar-refractivity contribution in [2.45, 2.75) is 20.8 Å². The number of nitrogens with zero attached hydrogens (tertiary/aromatic N) is 2. The van der Waals surface area contributed by atoms with E-state index in [0.717, 1.165) is 16.8 Å². The first kappa shape index (κ1) is 19.7. The lowest BCUT2D eigenvalue weighted by atomic mass is 9.91. The molecule has 0 unspecified atom stereocenters. The quantitative estimate of drug-likeness (QED) is 0.292. The minimum absolute atomic E-state index is 0.0308. The average molecular weight is 393 g/mol. The van der Waals surface area contributed by atoms with Gasteiger partial charge in [0, 0.05) is 16.5 Å². The highest BCUT2D eigenvalue weighted by Gasteiger charge is 2.24. The summed E-state index contributed by atoms with van der Waals surface area (Å²) in [6.07, 6.45) is 2.76. The van der Waals surface area contributed by atoms with Crippen LogP contribution in [0.5, 0.6) is 0 Å². The zero-order chi connectivity index (χ0) is 19.1. The van der Waals surface area contributed by atoms with Gasteiger partial charge in [0.2, 0.25) is 0 Å². The first-order valence-corrected chi connectivity index (χ1v) is 11.5. The summed E-state index contributed by atoms with van der Waals surface area (Å²) in [5.74, 6) is 0. The molecule has 138 valence electrons. The third-order valence-electron chi connectivity index (χ3n) is 4.22. The lowest BCUT2D eigenvalue weighted by Gasteiger charge is -2.26. The highest BCUT2D eigenvalue weighted by Crippen LogP contribution is 2.36. The number of hydrogen-bond acceptors (Lipinski definition) is 3. The highest BCUT2D eigenvalue weighted by atomic mass is 32.1. The normalized spacial score (nSPS) is 12.8. The van der Waals surface area contributed by atoms with Crippen LogP contribution in [0.25, 0.3) is 0 Å². The van der Waals surface area contributed by atoms with Gasteiger partial charge in [0.1, 0.15) is 0 Å². The number of benzene rings is 2. The Morgan fingerprint density at radius 3 is 1.96 bits per heavy atom. The second-order valence-electron chi connectivity index (χ2n) is 7.31. The summed E-state index contributed by atoms with van der Waals surface area (Å²) < 4.78 is 0. The third kappa shape index (κ3) is 5.69. The van der Waals surface area contributed by atoms with Crippen LogP contribution in [0, 0.1) is 5.41 Å². The summed E-state index contributed by atoms with van der Waals surface area (Å²) in [4.78, 5) is 1.13. The van der Waals surface area contributed by atoms with Gasteiger partial charge in [0.25, 0.3) is 0 Å². The molecule has 3 rings (SSSR count). The van der Waals surface area contributed by atoms with E-state index in [1.807, 2.05) is 12.3 Å². The van der Waals surface area contributed by atoms with Crippen molar-refractivity contribution in [3.05, 3.63) is 83.1 Å². The molecule has 4 heteroatoms. The van der Waals surface area contributed by atoms with E-state index in [0.29, 0.717) is 0 Å². The van der Waals surface area contributed by atoms with Gasteiger partial charge in [-0.1, -0.05) is 87.5 Å². The van der Waals surface area contributed by atoms with Gasteiger partial charge in [0.05, 0.1) is 11.9 Å². The van der Waals surface area contributed by atoms with E-state index in [1.165, 1.54) is 10.6 Å². The molecule has 0 aliphatic carbocycles. The van der Waals surface area contributed by atoms with Crippen LogP contribution in [-0.2, 0) is 0 Å². The van der Waals surface area contributed by atoms with Crippen molar-refractivity contribution in [1.82, 2.24) is 0 Å². The molecule has 0 aliphatic heterocycles. The molecule has 0 fully saturated rings. The molecular formula is C23H25N2PS. The van der Waals surface area contributed by atoms with Crippen LogP contribution < -0.4 is 10.6 Å². The van der Waals surface area contributed by atoms with E-state index in [-0.39, 0.29) is 5.41 Å². The zero-order valence-electron chi connectivity index (χ0n) is 16.0. The Labute approximate surface area is 167 Å². The molecular weight excluding hydrogens is 367 g/mol. The summed E-state index contributed by atoms with van der Waals surface area (Å²) in [5, 5.41) is 13.9. The first-order chi connectivity index (χ1) is 13.0. The molecule has 0 aliphatic rings. The molecule has 0 amide bonds. The monoisotopic (exact) mass is 392 g/mol. The van der Waals surface area contributed by atoms with E-state index in [1.54, 1.807) is 11.3 Å². The fourth-order valence-electron chi connectivity index (χ4n) is 2.64. The fourth-order valence-corrected chi connectivity index (χ4v) is 5.78. The molecule has 2 aromatic carbocycles.